The zero-order valence-corrected chi connectivity index (χ0v) is 16.9. The van der Waals surface area contributed by atoms with Crippen molar-refractivity contribution in [1.29, 1.82) is 0 Å². The van der Waals surface area contributed by atoms with Gasteiger partial charge in [0.05, 0.1) is 25.9 Å². The van der Waals surface area contributed by atoms with Gasteiger partial charge in [0.2, 0.25) is 0 Å². The van der Waals surface area contributed by atoms with E-state index in [0.717, 1.165) is 6.54 Å². The topological polar surface area (TPSA) is 103 Å². The van der Waals surface area contributed by atoms with Crippen molar-refractivity contribution in [3.05, 3.63) is 71.3 Å². The summed E-state index contributed by atoms with van der Waals surface area (Å²) < 4.78 is 19.4. The molecule has 1 fully saturated rings. The Morgan fingerprint density at radius 3 is 2.58 bits per heavy atom. The SMILES string of the molecule is COc1ccc(O)c(C(=O)c2ccc(C(=O)N[C@@H]3CNC[C@H]3N3C=CNC3)cc2)c1F. The average Bonchev–Trinajstić information content (AvgIpc) is 3.45. The summed E-state index contributed by atoms with van der Waals surface area (Å²) in [5.41, 5.74) is 0.0593. The quantitative estimate of drug-likeness (QED) is 0.515. The molecule has 2 atom stereocenters. The number of aromatic hydroxyl groups is 1. The summed E-state index contributed by atoms with van der Waals surface area (Å²) in [7, 11) is 1.28. The van der Waals surface area contributed by atoms with Crippen LogP contribution in [0.25, 0.3) is 0 Å². The number of nitrogens with one attached hydrogen (secondary N) is 3. The molecule has 0 bridgehead atoms. The highest BCUT2D eigenvalue weighted by Gasteiger charge is 2.33. The van der Waals surface area contributed by atoms with Crippen molar-refractivity contribution in [1.82, 2.24) is 20.9 Å². The van der Waals surface area contributed by atoms with Crippen LogP contribution in [0.5, 0.6) is 11.5 Å². The van der Waals surface area contributed by atoms with E-state index in [1.807, 2.05) is 12.4 Å². The molecule has 2 aliphatic heterocycles. The predicted octanol–water partition coefficient (Wildman–Crippen LogP) is 1.18. The number of ether oxygens (including phenoxy) is 1. The number of carbonyl (C=O) groups is 2. The summed E-state index contributed by atoms with van der Waals surface area (Å²) in [6.45, 7) is 2.12. The Bertz CT molecular complexity index is 1020. The average molecular weight is 426 g/mol. The number of halogens is 1. The molecule has 31 heavy (non-hydrogen) atoms. The largest absolute Gasteiger partial charge is 0.507 e. The first-order chi connectivity index (χ1) is 15.0. The lowest BCUT2D eigenvalue weighted by atomic mass is 10.00. The molecule has 2 aliphatic rings. The Morgan fingerprint density at radius 2 is 1.90 bits per heavy atom. The predicted molar refractivity (Wildman–Crippen MR) is 111 cm³/mol. The maximum atomic E-state index is 14.5. The van der Waals surface area contributed by atoms with Gasteiger partial charge in [-0.1, -0.05) is 12.1 Å². The zero-order chi connectivity index (χ0) is 22.0. The van der Waals surface area contributed by atoms with E-state index in [1.165, 1.54) is 43.5 Å². The van der Waals surface area contributed by atoms with Gasteiger partial charge in [-0.2, -0.15) is 0 Å². The molecular formula is C22H23FN4O4. The van der Waals surface area contributed by atoms with E-state index in [-0.39, 0.29) is 29.3 Å². The van der Waals surface area contributed by atoms with E-state index in [9.17, 15) is 19.1 Å². The van der Waals surface area contributed by atoms with Gasteiger partial charge >= 0.3 is 0 Å². The number of hydrogen-bond donors (Lipinski definition) is 4. The van der Waals surface area contributed by atoms with Crippen LogP contribution in [-0.2, 0) is 0 Å². The number of nitrogens with zero attached hydrogens (tertiary/aromatic N) is 1. The number of ketones is 1. The molecule has 2 aromatic rings. The molecule has 0 saturated carbocycles. The highest BCUT2D eigenvalue weighted by Crippen LogP contribution is 2.30. The minimum absolute atomic E-state index is 0.0683. The van der Waals surface area contributed by atoms with Crippen molar-refractivity contribution >= 4 is 11.7 Å². The number of phenolic OH excluding ortho intramolecular Hbond substituents is 1. The van der Waals surface area contributed by atoms with E-state index >= 15 is 0 Å². The van der Waals surface area contributed by atoms with Gasteiger partial charge in [-0.3, -0.25) is 9.59 Å². The summed E-state index contributed by atoms with van der Waals surface area (Å²) >= 11 is 0. The number of methoxy groups -OCH3 is 1. The minimum Gasteiger partial charge on any atom is -0.507 e. The van der Waals surface area contributed by atoms with Crippen LogP contribution >= 0.6 is 0 Å². The molecule has 0 aromatic heterocycles. The van der Waals surface area contributed by atoms with Crippen molar-refractivity contribution in [3.63, 3.8) is 0 Å². The Labute approximate surface area is 178 Å². The van der Waals surface area contributed by atoms with Crippen LogP contribution in [0.2, 0.25) is 0 Å². The lowest BCUT2D eigenvalue weighted by molar-refractivity contribution is 0.0922. The third-order valence-corrected chi connectivity index (χ3v) is 5.52. The summed E-state index contributed by atoms with van der Waals surface area (Å²) in [4.78, 5) is 27.6. The van der Waals surface area contributed by atoms with E-state index in [2.05, 4.69) is 20.9 Å². The summed E-state index contributed by atoms with van der Waals surface area (Å²) in [6, 6.07) is 8.40. The molecule has 9 heteroatoms. The second-order valence-corrected chi connectivity index (χ2v) is 7.38. The number of hydrogen-bond acceptors (Lipinski definition) is 7. The van der Waals surface area contributed by atoms with E-state index in [1.54, 1.807) is 0 Å². The fourth-order valence-corrected chi connectivity index (χ4v) is 3.84. The van der Waals surface area contributed by atoms with Gasteiger partial charge in [0.25, 0.3) is 5.91 Å². The van der Waals surface area contributed by atoms with E-state index < -0.39 is 22.9 Å². The van der Waals surface area contributed by atoms with Gasteiger partial charge in [0, 0.05) is 36.6 Å². The molecule has 0 spiro atoms. The first-order valence-electron chi connectivity index (χ1n) is 9.87. The van der Waals surface area contributed by atoms with Crippen LogP contribution in [0.4, 0.5) is 4.39 Å². The molecule has 0 radical (unpaired) electrons. The number of amides is 1. The molecule has 0 aliphatic carbocycles. The fourth-order valence-electron chi connectivity index (χ4n) is 3.84. The molecule has 4 N–H and O–H groups in total. The highest BCUT2D eigenvalue weighted by atomic mass is 19.1. The standard InChI is InChI=1S/C22H23FN4O4/c1-31-18-7-6-17(28)19(20(18)23)21(29)13-2-4-14(5-3-13)22(30)26-15-10-25-11-16(15)27-9-8-24-12-27/h2-9,15-16,24-25,28H,10-12H2,1H3,(H,26,30)/t15-,16-/m1/s1. The number of benzene rings is 2. The molecule has 2 aromatic carbocycles. The van der Waals surface area contributed by atoms with Gasteiger partial charge in [-0.15, -0.1) is 0 Å². The smallest absolute Gasteiger partial charge is 0.251 e. The Balaban J connectivity index is 1.47. The van der Waals surface area contributed by atoms with Crippen molar-refractivity contribution in [2.45, 2.75) is 12.1 Å². The third kappa shape index (κ3) is 4.04. The summed E-state index contributed by atoms with van der Waals surface area (Å²) in [5, 5.41) is 19.4. The molecule has 1 amide bonds. The Morgan fingerprint density at radius 1 is 1.16 bits per heavy atom. The van der Waals surface area contributed by atoms with E-state index in [0.29, 0.717) is 18.8 Å². The lowest BCUT2D eigenvalue weighted by Gasteiger charge is -2.28. The van der Waals surface area contributed by atoms with Gasteiger partial charge < -0.3 is 30.7 Å². The lowest BCUT2D eigenvalue weighted by Crippen LogP contribution is -2.49. The summed E-state index contributed by atoms with van der Waals surface area (Å²) in [5.74, 6) is -2.51. The van der Waals surface area contributed by atoms with Crippen LogP contribution in [-0.4, -0.2) is 60.6 Å². The van der Waals surface area contributed by atoms with Crippen molar-refractivity contribution in [2.24, 2.45) is 0 Å². The van der Waals surface area contributed by atoms with Gasteiger partial charge in [0.1, 0.15) is 11.3 Å². The zero-order valence-electron chi connectivity index (χ0n) is 16.9. The molecule has 2 heterocycles. The van der Waals surface area contributed by atoms with Gasteiger partial charge in [0.15, 0.2) is 17.3 Å². The maximum absolute atomic E-state index is 14.5. The molecule has 0 unspecified atom stereocenters. The first kappa shape index (κ1) is 20.7. The molecular weight excluding hydrogens is 403 g/mol. The minimum atomic E-state index is -0.931. The molecule has 162 valence electrons. The molecule has 1 saturated heterocycles. The van der Waals surface area contributed by atoms with Crippen molar-refractivity contribution < 1.29 is 23.8 Å². The normalized spacial score (nSPS) is 19.9. The number of rotatable bonds is 6. The first-order valence-corrected chi connectivity index (χ1v) is 9.87. The summed E-state index contributed by atoms with van der Waals surface area (Å²) in [6.07, 6.45) is 3.83. The van der Waals surface area contributed by atoms with Crippen LogP contribution in [0.1, 0.15) is 26.3 Å². The van der Waals surface area contributed by atoms with Crippen LogP contribution in [0.15, 0.2) is 48.8 Å². The van der Waals surface area contributed by atoms with Gasteiger partial charge in [-0.05, 0) is 24.3 Å². The van der Waals surface area contributed by atoms with Crippen LogP contribution in [0.3, 0.4) is 0 Å². The van der Waals surface area contributed by atoms with Crippen molar-refractivity contribution in [3.8, 4) is 11.5 Å². The third-order valence-electron chi connectivity index (χ3n) is 5.52. The monoisotopic (exact) mass is 426 g/mol. The number of phenols is 1. The maximum Gasteiger partial charge on any atom is 0.251 e. The second-order valence-electron chi connectivity index (χ2n) is 7.38. The number of carbonyl (C=O) groups excluding carboxylic acids is 2. The molecule has 8 nitrogen and oxygen atoms in total. The molecule has 4 rings (SSSR count). The Kier molecular flexibility index (Phi) is 5.77. The Hall–Kier alpha value is -3.59. The van der Waals surface area contributed by atoms with Crippen LogP contribution in [0, 0.1) is 5.82 Å². The van der Waals surface area contributed by atoms with Crippen LogP contribution < -0.4 is 20.7 Å². The van der Waals surface area contributed by atoms with E-state index in [4.69, 9.17) is 4.74 Å². The second kappa shape index (κ2) is 8.65. The highest BCUT2D eigenvalue weighted by molar-refractivity contribution is 6.11. The fraction of sp³-hybridized carbons (Fsp3) is 0.273. The van der Waals surface area contributed by atoms with Gasteiger partial charge in [-0.25, -0.2) is 4.39 Å². The van der Waals surface area contributed by atoms with Crippen molar-refractivity contribution in [2.75, 3.05) is 26.9 Å².